The fraction of sp³-hybridized carbons (Fsp3) is 0.375. The monoisotopic (exact) mass is 301 g/mol. The largest absolute Gasteiger partial charge is 0.332 e. The molecule has 0 bridgehead atoms. The smallest absolute Gasteiger partial charge is 0.247 e. The number of hydrogen-bond acceptors (Lipinski definition) is 3. The summed E-state index contributed by atoms with van der Waals surface area (Å²) >= 11 is 1.80. The van der Waals surface area contributed by atoms with Crippen LogP contribution in [0.4, 0.5) is 0 Å². The summed E-state index contributed by atoms with van der Waals surface area (Å²) in [6.07, 6.45) is 9.08. The van der Waals surface area contributed by atoms with Gasteiger partial charge in [0.05, 0.1) is 12.2 Å². The fourth-order valence-corrected chi connectivity index (χ4v) is 3.82. The first kappa shape index (κ1) is 14.1. The molecule has 3 rings (SSSR count). The third-order valence-electron chi connectivity index (χ3n) is 3.91. The lowest BCUT2D eigenvalue weighted by atomic mass is 9.97. The minimum Gasteiger partial charge on any atom is -0.332 e. The molecule has 1 aliphatic heterocycles. The highest BCUT2D eigenvalue weighted by Crippen LogP contribution is 2.35. The zero-order valence-corrected chi connectivity index (χ0v) is 13.1. The van der Waals surface area contributed by atoms with Crippen molar-refractivity contribution in [3.8, 4) is 0 Å². The minimum absolute atomic E-state index is 0.0857. The van der Waals surface area contributed by atoms with Crippen LogP contribution in [-0.4, -0.2) is 27.1 Å². The van der Waals surface area contributed by atoms with Gasteiger partial charge in [-0.1, -0.05) is 6.92 Å². The van der Waals surface area contributed by atoms with Crippen molar-refractivity contribution < 1.29 is 4.79 Å². The number of fused-ring (bicyclic) bond motifs is 1. The van der Waals surface area contributed by atoms with Crippen LogP contribution in [0.15, 0.2) is 29.9 Å². The van der Waals surface area contributed by atoms with Gasteiger partial charge in [0.15, 0.2) is 0 Å². The number of aryl methyl sites for hydroxylation is 1. The average molecular weight is 301 g/mol. The minimum atomic E-state index is 0.0857. The molecule has 0 fully saturated rings. The van der Waals surface area contributed by atoms with Gasteiger partial charge in [0.25, 0.3) is 0 Å². The van der Waals surface area contributed by atoms with Gasteiger partial charge in [0, 0.05) is 36.3 Å². The Morgan fingerprint density at radius 3 is 3.14 bits per heavy atom. The molecule has 1 atom stereocenters. The van der Waals surface area contributed by atoms with E-state index in [1.54, 1.807) is 28.3 Å². The third kappa shape index (κ3) is 2.78. The normalized spacial score (nSPS) is 18.2. The Morgan fingerprint density at radius 1 is 1.57 bits per heavy atom. The maximum absolute atomic E-state index is 12.5. The lowest BCUT2D eigenvalue weighted by Gasteiger charge is -2.34. The average Bonchev–Trinajstić information content (AvgIpc) is 3.12. The van der Waals surface area contributed by atoms with Crippen LogP contribution in [0.5, 0.6) is 0 Å². The molecular weight excluding hydrogens is 282 g/mol. The van der Waals surface area contributed by atoms with E-state index in [0.717, 1.165) is 24.9 Å². The van der Waals surface area contributed by atoms with Crippen LogP contribution in [0.2, 0.25) is 0 Å². The van der Waals surface area contributed by atoms with E-state index in [1.807, 2.05) is 24.2 Å². The highest BCUT2D eigenvalue weighted by atomic mass is 32.1. The maximum Gasteiger partial charge on any atom is 0.247 e. The summed E-state index contributed by atoms with van der Waals surface area (Å²) in [5.74, 6) is 0.0857. The van der Waals surface area contributed by atoms with Crippen molar-refractivity contribution >= 4 is 23.3 Å². The molecule has 0 N–H and O–H groups in total. The Labute approximate surface area is 128 Å². The van der Waals surface area contributed by atoms with E-state index in [9.17, 15) is 4.79 Å². The molecule has 4 nitrogen and oxygen atoms in total. The summed E-state index contributed by atoms with van der Waals surface area (Å²) in [4.78, 5) is 15.9. The number of nitrogens with zero attached hydrogens (tertiary/aromatic N) is 3. The second-order valence-electron chi connectivity index (χ2n) is 5.29. The molecule has 1 unspecified atom stereocenters. The molecule has 0 aliphatic carbocycles. The Balaban J connectivity index is 1.77. The zero-order valence-electron chi connectivity index (χ0n) is 12.3. The molecular formula is C16H19N3OS. The molecule has 5 heteroatoms. The first-order valence-electron chi connectivity index (χ1n) is 7.22. The van der Waals surface area contributed by atoms with Crippen molar-refractivity contribution in [3.05, 3.63) is 45.9 Å². The molecule has 0 spiro atoms. The fourth-order valence-electron chi connectivity index (χ4n) is 2.89. The van der Waals surface area contributed by atoms with Gasteiger partial charge in [-0.15, -0.1) is 11.3 Å². The summed E-state index contributed by atoms with van der Waals surface area (Å²) < 4.78 is 1.73. The molecule has 0 aromatic carbocycles. The van der Waals surface area contributed by atoms with E-state index in [1.165, 1.54) is 10.4 Å². The SMILES string of the molecule is CCC1c2ccsc2CCN1C(=O)/C=C/c1cnn(C)c1. The van der Waals surface area contributed by atoms with Crippen LogP contribution in [0, 0.1) is 0 Å². The highest BCUT2D eigenvalue weighted by Gasteiger charge is 2.29. The van der Waals surface area contributed by atoms with Crippen molar-refractivity contribution in [2.24, 2.45) is 7.05 Å². The zero-order chi connectivity index (χ0) is 14.8. The predicted molar refractivity (Wildman–Crippen MR) is 85.0 cm³/mol. The second kappa shape index (κ2) is 5.85. The number of hydrogen-bond donors (Lipinski definition) is 0. The van der Waals surface area contributed by atoms with Crippen molar-refractivity contribution in [2.75, 3.05) is 6.54 Å². The second-order valence-corrected chi connectivity index (χ2v) is 6.29. The molecule has 0 saturated heterocycles. The van der Waals surface area contributed by atoms with Crippen LogP contribution in [-0.2, 0) is 18.3 Å². The van der Waals surface area contributed by atoms with Gasteiger partial charge >= 0.3 is 0 Å². The number of aromatic nitrogens is 2. The summed E-state index contributed by atoms with van der Waals surface area (Å²) in [5, 5.41) is 6.23. The Hall–Kier alpha value is -1.88. The number of thiophene rings is 1. The number of carbonyl (C=O) groups excluding carboxylic acids is 1. The van der Waals surface area contributed by atoms with Gasteiger partial charge < -0.3 is 4.90 Å². The van der Waals surface area contributed by atoms with E-state index in [4.69, 9.17) is 0 Å². The lowest BCUT2D eigenvalue weighted by molar-refractivity contribution is -0.128. The molecule has 0 saturated carbocycles. The molecule has 0 radical (unpaired) electrons. The lowest BCUT2D eigenvalue weighted by Crippen LogP contribution is -2.38. The number of rotatable bonds is 3. The molecule has 2 aromatic heterocycles. The molecule has 3 heterocycles. The van der Waals surface area contributed by atoms with Crippen LogP contribution in [0.3, 0.4) is 0 Å². The summed E-state index contributed by atoms with van der Waals surface area (Å²) in [6, 6.07) is 2.38. The van der Waals surface area contributed by atoms with Crippen molar-refractivity contribution in [3.63, 3.8) is 0 Å². The predicted octanol–water partition coefficient (Wildman–Crippen LogP) is 3.03. The molecule has 1 aliphatic rings. The Bertz CT molecular complexity index is 671. The van der Waals surface area contributed by atoms with Crippen LogP contribution in [0.25, 0.3) is 6.08 Å². The van der Waals surface area contributed by atoms with Crippen LogP contribution in [0.1, 0.15) is 35.4 Å². The standard InChI is InChI=1S/C16H19N3OS/c1-3-14-13-7-9-21-15(13)6-8-19(14)16(20)5-4-12-10-17-18(2)11-12/h4-5,7,9-11,14H,3,6,8H2,1-2H3/b5-4+. The van der Waals surface area contributed by atoms with Crippen LogP contribution < -0.4 is 0 Å². The topological polar surface area (TPSA) is 38.1 Å². The van der Waals surface area contributed by atoms with E-state index in [-0.39, 0.29) is 11.9 Å². The Morgan fingerprint density at radius 2 is 2.43 bits per heavy atom. The van der Waals surface area contributed by atoms with Crippen molar-refractivity contribution in [1.29, 1.82) is 0 Å². The quantitative estimate of drug-likeness (QED) is 0.817. The summed E-state index contributed by atoms with van der Waals surface area (Å²) in [6.45, 7) is 2.95. The first-order valence-corrected chi connectivity index (χ1v) is 8.10. The van der Waals surface area contributed by atoms with Gasteiger partial charge in [-0.2, -0.15) is 5.10 Å². The van der Waals surface area contributed by atoms with Gasteiger partial charge in [0.2, 0.25) is 5.91 Å². The number of amides is 1. The van der Waals surface area contributed by atoms with Gasteiger partial charge in [-0.3, -0.25) is 9.48 Å². The van der Waals surface area contributed by atoms with Gasteiger partial charge in [0.1, 0.15) is 0 Å². The van der Waals surface area contributed by atoms with Crippen LogP contribution >= 0.6 is 11.3 Å². The number of carbonyl (C=O) groups is 1. The van der Waals surface area contributed by atoms with E-state index in [0.29, 0.717) is 0 Å². The van der Waals surface area contributed by atoms with Gasteiger partial charge in [-0.25, -0.2) is 0 Å². The maximum atomic E-state index is 12.5. The first-order chi connectivity index (χ1) is 10.2. The van der Waals surface area contributed by atoms with E-state index in [2.05, 4.69) is 23.5 Å². The molecule has 2 aromatic rings. The van der Waals surface area contributed by atoms with Crippen molar-refractivity contribution in [1.82, 2.24) is 14.7 Å². The van der Waals surface area contributed by atoms with Crippen molar-refractivity contribution in [2.45, 2.75) is 25.8 Å². The van der Waals surface area contributed by atoms with E-state index < -0.39 is 0 Å². The summed E-state index contributed by atoms with van der Waals surface area (Å²) in [7, 11) is 1.87. The molecule has 110 valence electrons. The Kier molecular flexibility index (Phi) is 3.92. The highest BCUT2D eigenvalue weighted by molar-refractivity contribution is 7.10. The summed E-state index contributed by atoms with van der Waals surface area (Å²) in [5.41, 5.74) is 2.28. The third-order valence-corrected chi connectivity index (χ3v) is 4.90. The molecule has 1 amide bonds. The van der Waals surface area contributed by atoms with Gasteiger partial charge in [-0.05, 0) is 35.9 Å². The van der Waals surface area contributed by atoms with E-state index >= 15 is 0 Å². The molecule has 21 heavy (non-hydrogen) atoms.